The zero-order valence-electron chi connectivity index (χ0n) is 12.9. The number of nitrogens with one attached hydrogen (secondary N) is 4. The molecule has 0 bridgehead atoms. The van der Waals surface area contributed by atoms with Crippen molar-refractivity contribution in [2.24, 2.45) is 0 Å². The Morgan fingerprint density at radius 2 is 1.46 bits per heavy atom. The van der Waals surface area contributed by atoms with E-state index in [1.165, 1.54) is 6.07 Å². The summed E-state index contributed by atoms with van der Waals surface area (Å²) in [6.07, 6.45) is 0. The largest absolute Gasteiger partial charge is 0.507 e. The van der Waals surface area contributed by atoms with E-state index in [-0.39, 0.29) is 29.3 Å². The number of H-pyrrole nitrogens is 4. The van der Waals surface area contributed by atoms with Crippen LogP contribution in [0.1, 0.15) is 34.0 Å². The Hall–Kier alpha value is -2.19. The SMILES string of the molecule is Cc1[nH][nH]c(=O)c1C(c1ccc(O)c(Br)c1)c1c(C)[nH][nH]c1=O.Cl. The third-order valence-corrected chi connectivity index (χ3v) is 4.54. The Kier molecular flexibility index (Phi) is 5.10. The van der Waals surface area contributed by atoms with Crippen LogP contribution in [0, 0.1) is 13.8 Å². The third-order valence-electron chi connectivity index (χ3n) is 3.91. The summed E-state index contributed by atoms with van der Waals surface area (Å²) < 4.78 is 0.495. The molecule has 24 heavy (non-hydrogen) atoms. The first-order chi connectivity index (χ1) is 10.9. The highest BCUT2D eigenvalue weighted by atomic mass is 79.9. The molecule has 0 unspecified atom stereocenters. The van der Waals surface area contributed by atoms with Crippen LogP contribution in [0.25, 0.3) is 0 Å². The number of rotatable bonds is 3. The van der Waals surface area contributed by atoms with E-state index >= 15 is 0 Å². The smallest absolute Gasteiger partial charge is 0.268 e. The van der Waals surface area contributed by atoms with E-state index in [1.807, 2.05) is 0 Å². The minimum Gasteiger partial charge on any atom is -0.507 e. The highest BCUT2D eigenvalue weighted by molar-refractivity contribution is 9.10. The standard InChI is InChI=1S/C15H15BrN4O3.ClH/c1-6-11(14(22)19-17-6)13(12-7(2)18-20-15(12)23)8-3-4-10(21)9(16)5-8;/h3-5,13,21H,1-2H3,(H2,17,19,22)(H2,18,20,23);1H. The average molecular weight is 416 g/mol. The summed E-state index contributed by atoms with van der Waals surface area (Å²) in [5.74, 6) is -0.469. The van der Waals surface area contributed by atoms with Crippen molar-refractivity contribution in [1.82, 2.24) is 20.4 Å². The Labute approximate surface area is 151 Å². The first-order valence-electron chi connectivity index (χ1n) is 6.92. The summed E-state index contributed by atoms with van der Waals surface area (Å²) in [4.78, 5) is 24.5. The highest BCUT2D eigenvalue weighted by Gasteiger charge is 2.28. The Morgan fingerprint density at radius 1 is 0.958 bits per heavy atom. The molecule has 3 aromatic rings. The van der Waals surface area contributed by atoms with E-state index in [4.69, 9.17) is 0 Å². The number of aromatic amines is 4. The quantitative estimate of drug-likeness (QED) is 0.452. The van der Waals surface area contributed by atoms with Gasteiger partial charge in [0.15, 0.2) is 0 Å². The molecule has 0 saturated heterocycles. The fraction of sp³-hybridized carbons (Fsp3) is 0.200. The fourth-order valence-corrected chi connectivity index (χ4v) is 3.18. The van der Waals surface area contributed by atoms with Crippen molar-refractivity contribution in [2.45, 2.75) is 19.8 Å². The number of aryl methyl sites for hydroxylation is 2. The van der Waals surface area contributed by atoms with Crippen LogP contribution in [0.5, 0.6) is 5.75 Å². The second kappa shape index (κ2) is 6.74. The van der Waals surface area contributed by atoms with Crippen LogP contribution >= 0.6 is 28.3 Å². The van der Waals surface area contributed by atoms with E-state index < -0.39 is 5.92 Å². The number of hydrogen-bond donors (Lipinski definition) is 5. The van der Waals surface area contributed by atoms with Gasteiger partial charge in [0.1, 0.15) is 5.75 Å². The molecule has 2 heterocycles. The zero-order valence-corrected chi connectivity index (χ0v) is 15.3. The maximum atomic E-state index is 12.3. The van der Waals surface area contributed by atoms with Crippen LogP contribution < -0.4 is 11.1 Å². The normalized spacial score (nSPS) is 10.8. The fourth-order valence-electron chi connectivity index (χ4n) is 2.79. The lowest BCUT2D eigenvalue weighted by Crippen LogP contribution is -2.20. The molecule has 0 saturated carbocycles. The van der Waals surface area contributed by atoms with Crippen LogP contribution in [-0.4, -0.2) is 25.5 Å². The number of phenolic OH excluding ortho intramolecular Hbond substituents is 1. The van der Waals surface area contributed by atoms with Crippen LogP contribution in [0.3, 0.4) is 0 Å². The van der Waals surface area contributed by atoms with Gasteiger partial charge in [-0.2, -0.15) is 0 Å². The molecule has 0 amide bonds. The van der Waals surface area contributed by atoms with Crippen molar-refractivity contribution in [3.63, 3.8) is 0 Å². The molecule has 128 valence electrons. The monoisotopic (exact) mass is 414 g/mol. The average Bonchev–Trinajstić information content (AvgIpc) is 3.01. The molecular weight excluding hydrogens is 400 g/mol. The van der Waals surface area contributed by atoms with Gasteiger partial charge in [0.2, 0.25) is 0 Å². The molecule has 0 aliphatic carbocycles. The summed E-state index contributed by atoms with van der Waals surface area (Å²) in [5.41, 5.74) is 2.41. The lowest BCUT2D eigenvalue weighted by atomic mass is 9.85. The molecule has 5 N–H and O–H groups in total. The van der Waals surface area contributed by atoms with Gasteiger partial charge in [0.25, 0.3) is 11.1 Å². The maximum Gasteiger partial charge on any atom is 0.268 e. The number of phenols is 1. The van der Waals surface area contributed by atoms with Gasteiger partial charge in [0, 0.05) is 17.3 Å². The minimum absolute atomic E-state index is 0. The Balaban J connectivity index is 0.00000208. The molecule has 0 fully saturated rings. The van der Waals surface area contributed by atoms with Crippen molar-refractivity contribution in [3.05, 3.63) is 71.5 Å². The molecule has 3 rings (SSSR count). The second-order valence-electron chi connectivity index (χ2n) is 5.38. The molecule has 7 nitrogen and oxygen atoms in total. The number of aromatic hydroxyl groups is 1. The van der Waals surface area contributed by atoms with E-state index in [2.05, 4.69) is 36.3 Å². The summed E-state index contributed by atoms with van der Waals surface area (Å²) in [6, 6.07) is 4.93. The second-order valence-corrected chi connectivity index (χ2v) is 6.23. The van der Waals surface area contributed by atoms with E-state index in [9.17, 15) is 14.7 Å². The maximum absolute atomic E-state index is 12.3. The summed E-state index contributed by atoms with van der Waals surface area (Å²) in [5, 5.41) is 20.4. The lowest BCUT2D eigenvalue weighted by Gasteiger charge is -2.16. The van der Waals surface area contributed by atoms with Gasteiger partial charge in [-0.3, -0.25) is 19.8 Å². The van der Waals surface area contributed by atoms with Gasteiger partial charge in [-0.05, 0) is 47.5 Å². The molecule has 0 aliphatic heterocycles. The minimum atomic E-state index is -0.558. The van der Waals surface area contributed by atoms with Crippen molar-refractivity contribution in [1.29, 1.82) is 0 Å². The van der Waals surface area contributed by atoms with Crippen molar-refractivity contribution in [3.8, 4) is 5.75 Å². The number of hydrogen-bond acceptors (Lipinski definition) is 3. The molecule has 0 radical (unpaired) electrons. The van der Waals surface area contributed by atoms with Crippen LogP contribution in [0.4, 0.5) is 0 Å². The number of aromatic nitrogens is 4. The first-order valence-corrected chi connectivity index (χ1v) is 7.72. The van der Waals surface area contributed by atoms with E-state index in [0.717, 1.165) is 5.56 Å². The summed E-state index contributed by atoms with van der Waals surface area (Å²) in [6.45, 7) is 3.54. The summed E-state index contributed by atoms with van der Waals surface area (Å²) >= 11 is 3.28. The van der Waals surface area contributed by atoms with Gasteiger partial charge in [0.05, 0.1) is 15.6 Å². The van der Waals surface area contributed by atoms with Crippen molar-refractivity contribution < 1.29 is 5.11 Å². The Bertz CT molecular complexity index is 931. The zero-order chi connectivity index (χ0) is 16.7. The summed E-state index contributed by atoms with van der Waals surface area (Å²) in [7, 11) is 0. The highest BCUT2D eigenvalue weighted by Crippen LogP contribution is 2.34. The van der Waals surface area contributed by atoms with Gasteiger partial charge in [-0.25, -0.2) is 0 Å². The van der Waals surface area contributed by atoms with Crippen LogP contribution in [0.2, 0.25) is 0 Å². The molecule has 1 aromatic carbocycles. The van der Waals surface area contributed by atoms with Gasteiger partial charge in [-0.1, -0.05) is 6.07 Å². The molecule has 0 atom stereocenters. The molecular formula is C15H16BrClN4O3. The van der Waals surface area contributed by atoms with Gasteiger partial charge < -0.3 is 15.3 Å². The number of halogens is 2. The van der Waals surface area contributed by atoms with Crippen molar-refractivity contribution in [2.75, 3.05) is 0 Å². The van der Waals surface area contributed by atoms with Crippen molar-refractivity contribution >= 4 is 28.3 Å². The van der Waals surface area contributed by atoms with Crippen LogP contribution in [-0.2, 0) is 0 Å². The van der Waals surface area contributed by atoms with Crippen LogP contribution in [0.15, 0.2) is 32.3 Å². The van der Waals surface area contributed by atoms with E-state index in [0.29, 0.717) is 27.0 Å². The third kappa shape index (κ3) is 2.94. The van der Waals surface area contributed by atoms with Gasteiger partial charge in [-0.15, -0.1) is 12.4 Å². The molecule has 2 aromatic heterocycles. The van der Waals surface area contributed by atoms with Gasteiger partial charge >= 0.3 is 0 Å². The van der Waals surface area contributed by atoms with E-state index in [1.54, 1.807) is 26.0 Å². The predicted molar refractivity (Wildman–Crippen MR) is 96.3 cm³/mol. The number of benzene rings is 1. The molecule has 0 spiro atoms. The topological polar surface area (TPSA) is 118 Å². The first kappa shape index (κ1) is 18.2. The molecule has 0 aliphatic rings. The predicted octanol–water partition coefficient (Wildman–Crippen LogP) is 2.41. The lowest BCUT2D eigenvalue weighted by molar-refractivity contribution is 0.471. The molecule has 9 heteroatoms. The Morgan fingerprint density at radius 3 is 1.83 bits per heavy atom.